The summed E-state index contributed by atoms with van der Waals surface area (Å²) in [5.41, 5.74) is 0.482. The Morgan fingerprint density at radius 1 is 1.38 bits per heavy atom. The third-order valence-electron chi connectivity index (χ3n) is 5.00. The molecule has 0 saturated carbocycles. The summed E-state index contributed by atoms with van der Waals surface area (Å²) >= 11 is 5.08. The number of aromatic nitrogens is 3. The predicted molar refractivity (Wildman–Crippen MR) is 112 cm³/mol. The van der Waals surface area contributed by atoms with Gasteiger partial charge in [0.2, 0.25) is 5.91 Å². The smallest absolute Gasteiger partial charge is 0.263 e. The van der Waals surface area contributed by atoms with Gasteiger partial charge in [0.05, 0.1) is 4.90 Å². The van der Waals surface area contributed by atoms with Crippen LogP contribution in [0.15, 0.2) is 34.2 Å². The molecule has 1 aliphatic rings. The Morgan fingerprint density at radius 2 is 2.10 bits per heavy atom. The SMILES string of the molecule is CC[C@H](C)[C@H](N=C1NS(=O)(=O)c2ccccc21)C(=O)NCCc1n[nH]c(=S)n1C. The second-order valence-corrected chi connectivity index (χ2v) is 8.99. The van der Waals surface area contributed by atoms with Crippen LogP contribution in [0.25, 0.3) is 0 Å². The van der Waals surface area contributed by atoms with Crippen LogP contribution in [0.4, 0.5) is 0 Å². The first-order valence-corrected chi connectivity index (χ1v) is 11.2. The van der Waals surface area contributed by atoms with Crippen molar-refractivity contribution in [3.8, 4) is 0 Å². The number of hydrogen-bond donors (Lipinski definition) is 3. The highest BCUT2D eigenvalue weighted by Crippen LogP contribution is 2.24. The standard InChI is InChI=1S/C18H24N6O3S2/c1-4-11(2)15(17(25)19-10-9-14-21-22-18(28)24(14)3)20-16-12-7-5-6-8-13(12)29(26,27)23-16/h5-8,11,15H,4,9-10H2,1-3H3,(H,19,25)(H,20,23)(H,22,28)/t11-,15-/m0/s1. The van der Waals surface area contributed by atoms with Crippen LogP contribution in [0.2, 0.25) is 0 Å². The van der Waals surface area contributed by atoms with Gasteiger partial charge in [0, 0.05) is 25.6 Å². The van der Waals surface area contributed by atoms with Crippen molar-refractivity contribution >= 4 is 34.0 Å². The molecule has 2 atom stereocenters. The molecule has 1 aromatic heterocycles. The van der Waals surface area contributed by atoms with Gasteiger partial charge in [0.25, 0.3) is 10.0 Å². The van der Waals surface area contributed by atoms with E-state index in [-0.39, 0.29) is 22.6 Å². The van der Waals surface area contributed by atoms with Gasteiger partial charge in [-0.3, -0.25) is 19.6 Å². The van der Waals surface area contributed by atoms with E-state index in [1.807, 2.05) is 13.8 Å². The Balaban J connectivity index is 1.78. The number of nitrogens with zero attached hydrogens (tertiary/aromatic N) is 3. The van der Waals surface area contributed by atoms with E-state index >= 15 is 0 Å². The van der Waals surface area contributed by atoms with E-state index in [0.29, 0.717) is 23.3 Å². The monoisotopic (exact) mass is 436 g/mol. The van der Waals surface area contributed by atoms with E-state index in [1.54, 1.807) is 29.8 Å². The van der Waals surface area contributed by atoms with Crippen molar-refractivity contribution in [1.82, 2.24) is 24.8 Å². The first kappa shape index (κ1) is 21.2. The fourth-order valence-electron chi connectivity index (χ4n) is 3.04. The van der Waals surface area contributed by atoms with Crippen molar-refractivity contribution in [2.24, 2.45) is 18.0 Å². The molecular weight excluding hydrogens is 412 g/mol. The van der Waals surface area contributed by atoms with Crippen LogP contribution in [-0.4, -0.2) is 47.5 Å². The zero-order valence-electron chi connectivity index (χ0n) is 16.5. The summed E-state index contributed by atoms with van der Waals surface area (Å²) in [6.45, 7) is 4.25. The van der Waals surface area contributed by atoms with Crippen molar-refractivity contribution in [2.75, 3.05) is 6.54 Å². The highest BCUT2D eigenvalue weighted by molar-refractivity contribution is 7.90. The fraction of sp³-hybridized carbons (Fsp3) is 0.444. The fourth-order valence-corrected chi connectivity index (χ4v) is 4.43. The lowest BCUT2D eigenvalue weighted by atomic mass is 9.98. The number of carbonyl (C=O) groups excluding carboxylic acids is 1. The summed E-state index contributed by atoms with van der Waals surface area (Å²) in [6.07, 6.45) is 1.23. The van der Waals surface area contributed by atoms with Gasteiger partial charge in [-0.05, 0) is 30.3 Å². The second kappa shape index (κ2) is 8.46. The van der Waals surface area contributed by atoms with Gasteiger partial charge in [0.1, 0.15) is 17.7 Å². The van der Waals surface area contributed by atoms with E-state index in [1.165, 1.54) is 6.07 Å². The van der Waals surface area contributed by atoms with Gasteiger partial charge in [-0.1, -0.05) is 32.4 Å². The summed E-state index contributed by atoms with van der Waals surface area (Å²) in [5.74, 6) is 0.613. The Kier molecular flexibility index (Phi) is 6.18. The van der Waals surface area contributed by atoms with Crippen LogP contribution in [0.1, 0.15) is 31.7 Å². The summed E-state index contributed by atoms with van der Waals surface area (Å²) in [5, 5.41) is 9.71. The molecule has 1 amide bonds. The number of rotatable bonds is 7. The molecule has 9 nitrogen and oxygen atoms in total. The van der Waals surface area contributed by atoms with Crippen molar-refractivity contribution in [1.29, 1.82) is 0 Å². The Bertz CT molecular complexity index is 1100. The molecule has 2 heterocycles. The number of fused-ring (bicyclic) bond motifs is 1. The quantitative estimate of drug-likeness (QED) is 0.565. The van der Waals surface area contributed by atoms with Crippen LogP contribution in [0.5, 0.6) is 0 Å². The molecule has 3 rings (SSSR count). The second-order valence-electron chi connectivity index (χ2n) is 6.95. The van der Waals surface area contributed by atoms with Crippen LogP contribution in [-0.2, 0) is 28.3 Å². The minimum Gasteiger partial charge on any atom is -0.354 e. The Labute approximate surface area is 174 Å². The number of amides is 1. The zero-order chi connectivity index (χ0) is 21.2. The van der Waals surface area contributed by atoms with Crippen LogP contribution >= 0.6 is 12.2 Å². The van der Waals surface area contributed by atoms with Crippen molar-refractivity contribution in [3.05, 3.63) is 40.4 Å². The molecule has 29 heavy (non-hydrogen) atoms. The number of benzene rings is 1. The largest absolute Gasteiger partial charge is 0.354 e. The van der Waals surface area contributed by atoms with Gasteiger partial charge < -0.3 is 9.88 Å². The Morgan fingerprint density at radius 3 is 2.76 bits per heavy atom. The molecule has 2 aromatic rings. The topological polar surface area (TPSA) is 121 Å². The third-order valence-corrected chi connectivity index (χ3v) is 6.76. The Hall–Kier alpha value is -2.53. The maximum absolute atomic E-state index is 12.8. The molecule has 0 saturated heterocycles. The maximum atomic E-state index is 12.8. The molecule has 0 unspecified atom stereocenters. The van der Waals surface area contributed by atoms with Crippen molar-refractivity contribution in [3.63, 3.8) is 0 Å². The number of carbonyl (C=O) groups is 1. The average Bonchev–Trinajstić information content (AvgIpc) is 3.16. The lowest BCUT2D eigenvalue weighted by molar-refractivity contribution is -0.123. The third kappa shape index (κ3) is 4.40. The first-order chi connectivity index (χ1) is 13.7. The average molecular weight is 437 g/mol. The van der Waals surface area contributed by atoms with Crippen LogP contribution < -0.4 is 10.0 Å². The molecule has 156 valence electrons. The molecule has 0 spiro atoms. The van der Waals surface area contributed by atoms with Gasteiger partial charge in [-0.15, -0.1) is 0 Å². The number of amidine groups is 1. The lowest BCUT2D eigenvalue weighted by Gasteiger charge is -2.19. The minimum atomic E-state index is -3.65. The lowest BCUT2D eigenvalue weighted by Crippen LogP contribution is -2.40. The summed E-state index contributed by atoms with van der Waals surface area (Å²) in [6, 6.07) is 5.89. The molecule has 0 fully saturated rings. The molecule has 0 radical (unpaired) electrons. The minimum absolute atomic E-state index is 0.0690. The molecule has 1 aliphatic heterocycles. The molecule has 11 heteroatoms. The molecule has 3 N–H and O–H groups in total. The number of aromatic amines is 1. The number of sulfonamides is 1. The highest BCUT2D eigenvalue weighted by atomic mass is 32.2. The van der Waals surface area contributed by atoms with E-state index in [9.17, 15) is 13.2 Å². The van der Waals surface area contributed by atoms with Gasteiger partial charge in [-0.25, -0.2) is 8.42 Å². The van der Waals surface area contributed by atoms with Crippen molar-refractivity contribution < 1.29 is 13.2 Å². The summed E-state index contributed by atoms with van der Waals surface area (Å²) in [4.78, 5) is 17.5. The van der Waals surface area contributed by atoms with Gasteiger partial charge in [-0.2, -0.15) is 5.10 Å². The van der Waals surface area contributed by atoms with Crippen LogP contribution in [0, 0.1) is 10.7 Å². The van der Waals surface area contributed by atoms with E-state index in [2.05, 4.69) is 25.2 Å². The van der Waals surface area contributed by atoms with Gasteiger partial charge >= 0.3 is 0 Å². The van der Waals surface area contributed by atoms with E-state index in [4.69, 9.17) is 12.2 Å². The molecule has 0 aliphatic carbocycles. The van der Waals surface area contributed by atoms with Crippen LogP contribution in [0.3, 0.4) is 0 Å². The number of hydrogen-bond acceptors (Lipinski definition) is 6. The summed E-state index contributed by atoms with van der Waals surface area (Å²) in [7, 11) is -1.84. The molecule has 0 bridgehead atoms. The number of nitrogens with one attached hydrogen (secondary N) is 3. The number of H-pyrrole nitrogens is 1. The predicted octanol–water partition coefficient (Wildman–Crippen LogP) is 1.29. The normalized spacial score (nSPS) is 18.1. The van der Waals surface area contributed by atoms with E-state index in [0.717, 1.165) is 12.2 Å². The van der Waals surface area contributed by atoms with E-state index < -0.39 is 16.1 Å². The molecular formula is C18H24N6O3S2. The van der Waals surface area contributed by atoms with Gasteiger partial charge in [0.15, 0.2) is 4.77 Å². The highest BCUT2D eigenvalue weighted by Gasteiger charge is 2.33. The maximum Gasteiger partial charge on any atom is 0.263 e. The van der Waals surface area contributed by atoms with Crippen molar-refractivity contribution in [2.45, 2.75) is 37.6 Å². The number of aliphatic imine (C=N–C) groups is 1. The summed E-state index contributed by atoms with van der Waals surface area (Å²) < 4.78 is 29.3. The molecule has 1 aromatic carbocycles. The zero-order valence-corrected chi connectivity index (χ0v) is 18.1. The first-order valence-electron chi connectivity index (χ1n) is 9.32.